The zero-order valence-corrected chi connectivity index (χ0v) is 16.2. The Hall–Kier alpha value is -2.28. The lowest BCUT2D eigenvalue weighted by Gasteiger charge is -2.41. The van der Waals surface area contributed by atoms with Gasteiger partial charge in [-0.1, -0.05) is 19.3 Å². The molecule has 1 aliphatic heterocycles. The number of nitrogens with zero attached hydrogens (tertiary/aromatic N) is 2. The van der Waals surface area contributed by atoms with Gasteiger partial charge in [0.1, 0.15) is 0 Å². The highest BCUT2D eigenvalue weighted by Crippen LogP contribution is 2.29. The largest absolute Gasteiger partial charge is 0.493 e. The topological polar surface area (TPSA) is 85.1 Å². The summed E-state index contributed by atoms with van der Waals surface area (Å²) in [6, 6.07) is 5.15. The third kappa shape index (κ3) is 4.03. The maximum atomic E-state index is 12.8. The Morgan fingerprint density at radius 3 is 2.11 bits per heavy atom. The van der Waals surface area contributed by atoms with Gasteiger partial charge in [-0.2, -0.15) is 0 Å². The molecule has 1 heterocycles. The number of benzene rings is 1. The van der Waals surface area contributed by atoms with Crippen molar-refractivity contribution in [1.82, 2.24) is 9.80 Å². The van der Waals surface area contributed by atoms with E-state index in [1.165, 1.54) is 0 Å². The predicted molar refractivity (Wildman–Crippen MR) is 102 cm³/mol. The molecule has 2 fully saturated rings. The number of rotatable bonds is 4. The van der Waals surface area contributed by atoms with Crippen LogP contribution in [0, 0.1) is 0 Å². The van der Waals surface area contributed by atoms with Gasteiger partial charge < -0.3 is 25.0 Å². The van der Waals surface area contributed by atoms with Gasteiger partial charge in [-0.25, -0.2) is 0 Å². The Kier molecular flexibility index (Phi) is 5.89. The lowest BCUT2D eigenvalue weighted by molar-refractivity contribution is -0.139. The number of ether oxygens (including phenoxy) is 2. The molecule has 1 saturated carbocycles. The molecular formula is C20H29N3O4. The summed E-state index contributed by atoms with van der Waals surface area (Å²) in [5.74, 6) is 1.09. The quantitative estimate of drug-likeness (QED) is 0.865. The van der Waals surface area contributed by atoms with Crippen LogP contribution in [0.4, 0.5) is 0 Å². The molecule has 1 aliphatic carbocycles. The van der Waals surface area contributed by atoms with Crippen LogP contribution in [-0.2, 0) is 4.79 Å². The molecule has 0 unspecified atom stereocenters. The number of carbonyl (C=O) groups is 2. The molecule has 1 aromatic carbocycles. The standard InChI is InChI=1S/C20H29N3O4/c1-26-16-7-6-15(14-17(16)27-2)18(24)22-10-12-23(13-11-22)19(25)20(21)8-4-3-5-9-20/h6-7,14H,3-5,8-13,21H2,1-2H3. The van der Waals surface area contributed by atoms with Gasteiger partial charge in [0.25, 0.3) is 5.91 Å². The molecule has 0 spiro atoms. The van der Waals surface area contributed by atoms with Crippen molar-refractivity contribution in [3.05, 3.63) is 23.8 Å². The highest BCUT2D eigenvalue weighted by Gasteiger charge is 2.39. The van der Waals surface area contributed by atoms with E-state index in [2.05, 4.69) is 0 Å². The van der Waals surface area contributed by atoms with Crippen molar-refractivity contribution in [2.24, 2.45) is 5.73 Å². The van der Waals surface area contributed by atoms with Crippen LogP contribution in [-0.4, -0.2) is 67.6 Å². The lowest BCUT2D eigenvalue weighted by Crippen LogP contribution is -2.60. The average molecular weight is 375 g/mol. The fraction of sp³-hybridized carbons (Fsp3) is 0.600. The van der Waals surface area contributed by atoms with Crippen molar-refractivity contribution in [3.63, 3.8) is 0 Å². The lowest BCUT2D eigenvalue weighted by atomic mass is 9.81. The van der Waals surface area contributed by atoms with Crippen molar-refractivity contribution < 1.29 is 19.1 Å². The van der Waals surface area contributed by atoms with Crippen molar-refractivity contribution in [1.29, 1.82) is 0 Å². The highest BCUT2D eigenvalue weighted by molar-refractivity contribution is 5.95. The van der Waals surface area contributed by atoms with Crippen LogP contribution in [0.25, 0.3) is 0 Å². The Balaban J connectivity index is 1.62. The second kappa shape index (κ2) is 8.17. The van der Waals surface area contributed by atoms with E-state index in [1.54, 1.807) is 37.3 Å². The molecule has 7 heteroatoms. The number of methoxy groups -OCH3 is 2. The molecular weight excluding hydrogens is 346 g/mol. The maximum absolute atomic E-state index is 12.8. The van der Waals surface area contributed by atoms with Crippen molar-refractivity contribution in [2.45, 2.75) is 37.6 Å². The molecule has 0 atom stereocenters. The molecule has 2 amide bonds. The Labute approximate surface area is 160 Å². The van der Waals surface area contributed by atoms with Crippen LogP contribution < -0.4 is 15.2 Å². The maximum Gasteiger partial charge on any atom is 0.254 e. The first-order valence-corrected chi connectivity index (χ1v) is 9.58. The van der Waals surface area contributed by atoms with Gasteiger partial charge in [-0.3, -0.25) is 9.59 Å². The fourth-order valence-electron chi connectivity index (χ4n) is 3.98. The number of amides is 2. The predicted octanol–water partition coefficient (Wildman–Crippen LogP) is 1.65. The SMILES string of the molecule is COc1ccc(C(=O)N2CCN(C(=O)C3(N)CCCCC3)CC2)cc1OC. The second-order valence-electron chi connectivity index (χ2n) is 7.37. The van der Waals surface area contributed by atoms with Crippen LogP contribution in [0.15, 0.2) is 18.2 Å². The molecule has 0 bridgehead atoms. The number of hydrogen-bond acceptors (Lipinski definition) is 5. The Morgan fingerprint density at radius 2 is 1.52 bits per heavy atom. The molecule has 0 aromatic heterocycles. The third-order valence-electron chi connectivity index (χ3n) is 5.66. The van der Waals surface area contributed by atoms with Gasteiger partial charge in [0.2, 0.25) is 5.91 Å². The highest BCUT2D eigenvalue weighted by atomic mass is 16.5. The first-order valence-electron chi connectivity index (χ1n) is 9.58. The zero-order valence-electron chi connectivity index (χ0n) is 16.2. The Morgan fingerprint density at radius 1 is 0.926 bits per heavy atom. The summed E-state index contributed by atoms with van der Waals surface area (Å²) in [5, 5.41) is 0. The van der Waals surface area contributed by atoms with Gasteiger partial charge in [0, 0.05) is 31.7 Å². The number of hydrogen-bond donors (Lipinski definition) is 1. The van der Waals surface area contributed by atoms with E-state index in [9.17, 15) is 9.59 Å². The molecule has 148 valence electrons. The van der Waals surface area contributed by atoms with E-state index in [-0.39, 0.29) is 11.8 Å². The summed E-state index contributed by atoms with van der Waals surface area (Å²) in [6.45, 7) is 2.07. The molecule has 1 aromatic rings. The number of nitrogens with two attached hydrogens (primary N) is 1. The molecule has 27 heavy (non-hydrogen) atoms. The van der Waals surface area contributed by atoms with Crippen molar-refractivity contribution in [2.75, 3.05) is 40.4 Å². The first-order chi connectivity index (χ1) is 13.0. The number of piperazine rings is 1. The zero-order chi connectivity index (χ0) is 19.4. The minimum Gasteiger partial charge on any atom is -0.493 e. The van der Waals surface area contributed by atoms with Gasteiger partial charge in [0.05, 0.1) is 19.8 Å². The molecule has 0 radical (unpaired) electrons. The van der Waals surface area contributed by atoms with Crippen LogP contribution in [0.5, 0.6) is 11.5 Å². The number of carbonyl (C=O) groups excluding carboxylic acids is 2. The van der Waals surface area contributed by atoms with Crippen LogP contribution in [0.2, 0.25) is 0 Å². The second-order valence-corrected chi connectivity index (χ2v) is 7.37. The third-order valence-corrected chi connectivity index (χ3v) is 5.66. The molecule has 7 nitrogen and oxygen atoms in total. The van der Waals surface area contributed by atoms with Crippen molar-refractivity contribution >= 4 is 11.8 Å². The van der Waals surface area contributed by atoms with Gasteiger partial charge >= 0.3 is 0 Å². The Bertz CT molecular complexity index is 692. The normalized spacial score (nSPS) is 19.5. The van der Waals surface area contributed by atoms with Crippen LogP contribution in [0.1, 0.15) is 42.5 Å². The van der Waals surface area contributed by atoms with Crippen LogP contribution in [0.3, 0.4) is 0 Å². The van der Waals surface area contributed by atoms with E-state index >= 15 is 0 Å². The van der Waals surface area contributed by atoms with Gasteiger partial charge in [-0.15, -0.1) is 0 Å². The smallest absolute Gasteiger partial charge is 0.254 e. The molecule has 3 rings (SSSR count). The van der Waals surface area contributed by atoms with E-state index in [0.29, 0.717) is 43.2 Å². The summed E-state index contributed by atoms with van der Waals surface area (Å²) >= 11 is 0. The summed E-state index contributed by atoms with van der Waals surface area (Å²) in [4.78, 5) is 29.2. The molecule has 2 N–H and O–H groups in total. The van der Waals surface area contributed by atoms with Gasteiger partial charge in [-0.05, 0) is 31.0 Å². The summed E-state index contributed by atoms with van der Waals surface area (Å²) in [5.41, 5.74) is 6.22. The fourth-order valence-corrected chi connectivity index (χ4v) is 3.98. The monoisotopic (exact) mass is 375 g/mol. The molecule has 2 aliphatic rings. The summed E-state index contributed by atoms with van der Waals surface area (Å²) in [6.07, 6.45) is 4.70. The average Bonchev–Trinajstić information content (AvgIpc) is 2.72. The van der Waals surface area contributed by atoms with E-state index < -0.39 is 5.54 Å². The summed E-state index contributed by atoms with van der Waals surface area (Å²) < 4.78 is 10.5. The van der Waals surface area contributed by atoms with Crippen LogP contribution >= 0.6 is 0 Å². The minimum atomic E-state index is -0.715. The minimum absolute atomic E-state index is 0.0421. The van der Waals surface area contributed by atoms with E-state index in [0.717, 1.165) is 32.1 Å². The van der Waals surface area contributed by atoms with E-state index in [4.69, 9.17) is 15.2 Å². The van der Waals surface area contributed by atoms with Crippen molar-refractivity contribution in [3.8, 4) is 11.5 Å². The van der Waals surface area contributed by atoms with Gasteiger partial charge in [0.15, 0.2) is 11.5 Å². The first kappa shape index (κ1) is 19.5. The summed E-state index contributed by atoms with van der Waals surface area (Å²) in [7, 11) is 3.11. The van der Waals surface area contributed by atoms with E-state index in [1.807, 2.05) is 4.90 Å². The molecule has 1 saturated heterocycles.